The van der Waals surface area contributed by atoms with Gasteiger partial charge in [-0.2, -0.15) is 0 Å². The lowest BCUT2D eigenvalue weighted by molar-refractivity contribution is 0.124. The number of piperidine rings is 1. The first-order valence-electron chi connectivity index (χ1n) is 6.51. The fourth-order valence-corrected chi connectivity index (χ4v) is 2.63. The van der Waals surface area contributed by atoms with Gasteiger partial charge in [0.2, 0.25) is 0 Å². The Morgan fingerprint density at radius 1 is 1.19 bits per heavy atom. The average Bonchev–Trinajstić information content (AvgIpc) is 2.81. The number of nitrogens with one attached hydrogen (secondary N) is 1. The van der Waals surface area contributed by atoms with E-state index in [0.717, 1.165) is 25.2 Å². The van der Waals surface area contributed by atoms with Crippen molar-refractivity contribution in [2.75, 3.05) is 33.4 Å². The molecule has 1 aliphatic heterocycles. The van der Waals surface area contributed by atoms with Gasteiger partial charge in [0.15, 0.2) is 0 Å². The van der Waals surface area contributed by atoms with Crippen LogP contribution in [-0.4, -0.2) is 50.3 Å². The van der Waals surface area contributed by atoms with Gasteiger partial charge < -0.3 is 15.0 Å². The van der Waals surface area contributed by atoms with Crippen LogP contribution in [0.25, 0.3) is 0 Å². The smallest absolute Gasteiger partial charge is 0.0589 e. The Morgan fingerprint density at radius 2 is 1.88 bits per heavy atom. The fraction of sp³-hybridized carbons (Fsp3) is 0.846. The first kappa shape index (κ1) is 12.1. The highest BCUT2D eigenvalue weighted by molar-refractivity contribution is 4.98. The average molecular weight is 224 g/mol. The molecule has 0 radical (unpaired) electrons. The molecule has 1 N–H and O–H groups in total. The van der Waals surface area contributed by atoms with E-state index in [9.17, 15) is 0 Å². The fourth-order valence-electron chi connectivity index (χ4n) is 2.63. The zero-order valence-electron chi connectivity index (χ0n) is 10.3. The van der Waals surface area contributed by atoms with Crippen molar-refractivity contribution in [2.24, 2.45) is 0 Å². The molecular formula is C13H24N2O. The van der Waals surface area contributed by atoms with E-state index < -0.39 is 0 Å². The number of rotatable bonds is 5. The molecule has 0 saturated carbocycles. The molecule has 3 nitrogen and oxygen atoms in total. The molecule has 0 spiro atoms. The van der Waals surface area contributed by atoms with Crippen LogP contribution in [0, 0.1) is 0 Å². The van der Waals surface area contributed by atoms with Crippen LogP contribution in [0.15, 0.2) is 12.2 Å². The lowest BCUT2D eigenvalue weighted by Gasteiger charge is -2.33. The predicted molar refractivity (Wildman–Crippen MR) is 66.6 cm³/mol. The minimum Gasteiger partial charge on any atom is -0.383 e. The summed E-state index contributed by atoms with van der Waals surface area (Å²) in [6.45, 7) is 4.40. The molecule has 1 saturated heterocycles. The summed E-state index contributed by atoms with van der Waals surface area (Å²) in [6.07, 6.45) is 9.63. The summed E-state index contributed by atoms with van der Waals surface area (Å²) in [4.78, 5) is 2.51. The summed E-state index contributed by atoms with van der Waals surface area (Å²) in [5.41, 5.74) is 0. The van der Waals surface area contributed by atoms with E-state index in [1.807, 2.05) is 0 Å². The van der Waals surface area contributed by atoms with Gasteiger partial charge in [0.25, 0.3) is 0 Å². The Hall–Kier alpha value is -0.380. The first-order chi connectivity index (χ1) is 7.88. The van der Waals surface area contributed by atoms with E-state index in [-0.39, 0.29) is 0 Å². The zero-order chi connectivity index (χ0) is 11.2. The Balaban J connectivity index is 1.61. The maximum Gasteiger partial charge on any atom is 0.0589 e. The minimum atomic E-state index is 0.718. The zero-order valence-corrected chi connectivity index (χ0v) is 10.3. The third-order valence-electron chi connectivity index (χ3n) is 3.68. The van der Waals surface area contributed by atoms with Crippen molar-refractivity contribution in [3.8, 4) is 0 Å². The van der Waals surface area contributed by atoms with Gasteiger partial charge in [0.1, 0.15) is 0 Å². The van der Waals surface area contributed by atoms with Crippen molar-refractivity contribution >= 4 is 0 Å². The van der Waals surface area contributed by atoms with Gasteiger partial charge in [-0.15, -0.1) is 0 Å². The van der Waals surface area contributed by atoms with Gasteiger partial charge in [-0.3, -0.25) is 0 Å². The van der Waals surface area contributed by atoms with E-state index in [0.29, 0.717) is 0 Å². The van der Waals surface area contributed by atoms with Crippen LogP contribution in [0.5, 0.6) is 0 Å². The number of nitrogens with zero attached hydrogens (tertiary/aromatic N) is 1. The van der Waals surface area contributed by atoms with Crippen molar-refractivity contribution in [3.05, 3.63) is 12.2 Å². The van der Waals surface area contributed by atoms with Crippen LogP contribution in [0.1, 0.15) is 25.7 Å². The summed E-state index contributed by atoms with van der Waals surface area (Å²) in [6, 6.07) is 1.46. The van der Waals surface area contributed by atoms with E-state index in [1.54, 1.807) is 7.11 Å². The molecule has 16 heavy (non-hydrogen) atoms. The Morgan fingerprint density at radius 3 is 2.50 bits per heavy atom. The summed E-state index contributed by atoms with van der Waals surface area (Å²) >= 11 is 0. The lowest BCUT2D eigenvalue weighted by atomic mass is 10.0. The standard InChI is InChI=1S/C13H24N2O/c1-16-11-10-15-8-6-13(7-9-15)14-12-4-2-3-5-12/h2-3,12-14H,4-11H2,1H3. The van der Waals surface area contributed by atoms with Gasteiger partial charge >= 0.3 is 0 Å². The number of methoxy groups -OCH3 is 1. The Bertz CT molecular complexity index is 214. The summed E-state index contributed by atoms with van der Waals surface area (Å²) in [7, 11) is 1.78. The quantitative estimate of drug-likeness (QED) is 0.715. The summed E-state index contributed by atoms with van der Waals surface area (Å²) in [5, 5.41) is 3.77. The van der Waals surface area contributed by atoms with Crippen LogP contribution >= 0.6 is 0 Å². The third-order valence-corrected chi connectivity index (χ3v) is 3.68. The van der Waals surface area contributed by atoms with E-state index in [4.69, 9.17) is 4.74 Å². The first-order valence-corrected chi connectivity index (χ1v) is 6.51. The molecule has 0 aromatic heterocycles. The minimum absolute atomic E-state index is 0.718. The molecule has 2 aliphatic rings. The number of hydrogen-bond acceptors (Lipinski definition) is 3. The lowest BCUT2D eigenvalue weighted by Crippen LogP contribution is -2.46. The molecule has 0 amide bonds. The molecule has 0 bridgehead atoms. The van der Waals surface area contributed by atoms with Crippen LogP contribution in [0.4, 0.5) is 0 Å². The third kappa shape index (κ3) is 3.58. The maximum atomic E-state index is 5.11. The van der Waals surface area contributed by atoms with Crippen LogP contribution in [-0.2, 0) is 4.74 Å². The second kappa shape index (κ2) is 6.38. The number of likely N-dealkylation sites (tertiary alicyclic amines) is 1. The van der Waals surface area contributed by atoms with Crippen molar-refractivity contribution in [1.29, 1.82) is 0 Å². The molecule has 2 rings (SSSR count). The number of hydrogen-bond donors (Lipinski definition) is 1. The molecule has 0 aromatic rings. The van der Waals surface area contributed by atoms with E-state index in [2.05, 4.69) is 22.4 Å². The SMILES string of the molecule is COCCN1CCC(NC2CC=CC2)CC1. The molecule has 0 unspecified atom stereocenters. The normalized spacial score (nSPS) is 24.3. The molecular weight excluding hydrogens is 200 g/mol. The van der Waals surface area contributed by atoms with Crippen LogP contribution in [0.2, 0.25) is 0 Å². The molecule has 0 aromatic carbocycles. The predicted octanol–water partition coefficient (Wildman–Crippen LogP) is 1.41. The second-order valence-electron chi connectivity index (χ2n) is 4.92. The van der Waals surface area contributed by atoms with Crippen LogP contribution < -0.4 is 5.32 Å². The maximum absolute atomic E-state index is 5.11. The van der Waals surface area contributed by atoms with Crippen LogP contribution in [0.3, 0.4) is 0 Å². The van der Waals surface area contributed by atoms with Crippen molar-refractivity contribution in [1.82, 2.24) is 10.2 Å². The Labute approximate surface area is 98.8 Å². The van der Waals surface area contributed by atoms with Crippen molar-refractivity contribution in [3.63, 3.8) is 0 Å². The van der Waals surface area contributed by atoms with Gasteiger partial charge in [0, 0.05) is 25.7 Å². The highest BCUT2D eigenvalue weighted by Crippen LogP contribution is 2.15. The molecule has 1 aliphatic carbocycles. The highest BCUT2D eigenvalue weighted by atomic mass is 16.5. The molecule has 92 valence electrons. The van der Waals surface area contributed by atoms with Crippen molar-refractivity contribution < 1.29 is 4.74 Å². The van der Waals surface area contributed by atoms with E-state index >= 15 is 0 Å². The second-order valence-corrected chi connectivity index (χ2v) is 4.92. The van der Waals surface area contributed by atoms with Gasteiger partial charge in [-0.1, -0.05) is 12.2 Å². The Kier molecular flexibility index (Phi) is 4.82. The van der Waals surface area contributed by atoms with Gasteiger partial charge in [-0.05, 0) is 38.8 Å². The van der Waals surface area contributed by atoms with Gasteiger partial charge in [-0.25, -0.2) is 0 Å². The molecule has 3 heteroatoms. The van der Waals surface area contributed by atoms with Crippen molar-refractivity contribution in [2.45, 2.75) is 37.8 Å². The highest BCUT2D eigenvalue weighted by Gasteiger charge is 2.21. The largest absolute Gasteiger partial charge is 0.383 e. The molecule has 1 fully saturated rings. The van der Waals surface area contributed by atoms with E-state index in [1.165, 1.54) is 38.8 Å². The molecule has 1 heterocycles. The summed E-state index contributed by atoms with van der Waals surface area (Å²) in [5.74, 6) is 0. The van der Waals surface area contributed by atoms with Gasteiger partial charge in [0.05, 0.1) is 6.61 Å². The number of ether oxygens (including phenoxy) is 1. The summed E-state index contributed by atoms with van der Waals surface area (Å²) < 4.78 is 5.11. The topological polar surface area (TPSA) is 24.5 Å². The molecule has 0 atom stereocenters. The monoisotopic (exact) mass is 224 g/mol.